The van der Waals surface area contributed by atoms with Gasteiger partial charge in [0.15, 0.2) is 0 Å². The van der Waals surface area contributed by atoms with Crippen LogP contribution in [-0.2, 0) is 22.9 Å². The minimum atomic E-state index is -3.55. The van der Waals surface area contributed by atoms with Crippen LogP contribution in [-0.4, -0.2) is 31.8 Å². The highest BCUT2D eigenvalue weighted by molar-refractivity contribution is 7.89. The molecule has 0 saturated heterocycles. The van der Waals surface area contributed by atoms with E-state index in [1.54, 1.807) is 29.5 Å². The lowest BCUT2D eigenvalue weighted by molar-refractivity contribution is 0.307. The van der Waals surface area contributed by atoms with Gasteiger partial charge in [-0.2, -0.15) is 0 Å². The van der Waals surface area contributed by atoms with Gasteiger partial charge in [0.1, 0.15) is 12.3 Å². The predicted octanol–water partition coefficient (Wildman–Crippen LogP) is 3.44. The summed E-state index contributed by atoms with van der Waals surface area (Å²) < 4.78 is 33.1. The summed E-state index contributed by atoms with van der Waals surface area (Å²) >= 11 is 1.59. The molecule has 2 aromatic heterocycles. The Morgan fingerprint density at radius 1 is 1.04 bits per heavy atom. The van der Waals surface area contributed by atoms with E-state index in [2.05, 4.69) is 14.9 Å². The first-order valence-corrected chi connectivity index (χ1v) is 11.6. The lowest BCUT2D eigenvalue weighted by atomic mass is 9.92. The molecule has 0 bridgehead atoms. The Balaban J connectivity index is 1.31. The average Bonchev–Trinajstić information content (AvgIpc) is 3.26. The van der Waals surface area contributed by atoms with E-state index in [-0.39, 0.29) is 13.2 Å². The minimum Gasteiger partial charge on any atom is -0.475 e. The fraction of sp³-hybridized carbons (Fsp3) is 0.300. The van der Waals surface area contributed by atoms with Crippen LogP contribution in [0.25, 0.3) is 10.6 Å². The van der Waals surface area contributed by atoms with Gasteiger partial charge in [-0.3, -0.25) is 0 Å². The molecule has 2 heterocycles. The molecule has 0 aliphatic heterocycles. The molecular formula is C20H21N3O3S2. The maximum absolute atomic E-state index is 12.5. The number of hydrogen-bond donors (Lipinski definition) is 1. The van der Waals surface area contributed by atoms with Gasteiger partial charge in [-0.25, -0.2) is 13.1 Å². The summed E-state index contributed by atoms with van der Waals surface area (Å²) in [7, 11) is -3.55. The van der Waals surface area contributed by atoms with Gasteiger partial charge in [0.05, 0.1) is 9.77 Å². The Hall–Kier alpha value is -2.29. The molecule has 0 spiro atoms. The number of ether oxygens (including phenoxy) is 1. The van der Waals surface area contributed by atoms with Gasteiger partial charge < -0.3 is 4.74 Å². The fourth-order valence-electron chi connectivity index (χ4n) is 3.24. The highest BCUT2D eigenvalue weighted by Gasteiger charge is 2.17. The van der Waals surface area contributed by atoms with Gasteiger partial charge in [-0.1, -0.05) is 12.1 Å². The van der Waals surface area contributed by atoms with Crippen molar-refractivity contribution in [2.45, 2.75) is 30.6 Å². The van der Waals surface area contributed by atoms with Gasteiger partial charge in [0, 0.05) is 12.6 Å². The minimum absolute atomic E-state index is 0.160. The molecule has 28 heavy (non-hydrogen) atoms. The highest BCUT2D eigenvalue weighted by Crippen LogP contribution is 2.24. The third-order valence-electron chi connectivity index (χ3n) is 4.69. The highest BCUT2D eigenvalue weighted by atomic mass is 32.2. The van der Waals surface area contributed by atoms with Crippen LogP contribution in [0.4, 0.5) is 0 Å². The number of nitrogens with one attached hydrogen (secondary N) is 1. The van der Waals surface area contributed by atoms with E-state index in [0.29, 0.717) is 10.8 Å². The first kappa shape index (κ1) is 19.0. The predicted molar refractivity (Wildman–Crippen MR) is 109 cm³/mol. The molecule has 146 valence electrons. The summed E-state index contributed by atoms with van der Waals surface area (Å²) in [6.07, 6.45) is 4.27. The molecular weight excluding hydrogens is 394 g/mol. The third kappa shape index (κ3) is 4.40. The van der Waals surface area contributed by atoms with E-state index in [0.717, 1.165) is 35.4 Å². The molecule has 1 aliphatic carbocycles. The zero-order valence-electron chi connectivity index (χ0n) is 15.3. The van der Waals surface area contributed by atoms with Crippen molar-refractivity contribution in [3.8, 4) is 16.5 Å². The maximum atomic E-state index is 12.5. The summed E-state index contributed by atoms with van der Waals surface area (Å²) in [6, 6.07) is 12.9. The lowest BCUT2D eigenvalue weighted by Crippen LogP contribution is -2.28. The first-order chi connectivity index (χ1) is 13.6. The second-order valence-corrected chi connectivity index (χ2v) is 9.33. The Labute approximate surface area is 168 Å². The zero-order valence-corrected chi connectivity index (χ0v) is 16.9. The van der Waals surface area contributed by atoms with Crippen molar-refractivity contribution in [1.82, 2.24) is 14.9 Å². The molecule has 0 amide bonds. The number of rotatable bonds is 7. The van der Waals surface area contributed by atoms with Gasteiger partial charge >= 0.3 is 0 Å². The molecule has 0 fully saturated rings. The number of fused-ring (bicyclic) bond motifs is 1. The molecule has 8 heteroatoms. The van der Waals surface area contributed by atoms with Crippen molar-refractivity contribution in [2.75, 3.05) is 13.2 Å². The Kier molecular flexibility index (Phi) is 5.70. The summed E-state index contributed by atoms with van der Waals surface area (Å²) in [5.41, 5.74) is 3.19. The van der Waals surface area contributed by atoms with Gasteiger partial charge in [0.2, 0.25) is 15.9 Å². The van der Waals surface area contributed by atoms with Crippen LogP contribution in [0.3, 0.4) is 0 Å². The number of aromatic nitrogens is 2. The molecule has 0 radical (unpaired) electrons. The van der Waals surface area contributed by atoms with Crippen molar-refractivity contribution in [2.24, 2.45) is 0 Å². The normalized spacial score (nSPS) is 13.9. The zero-order chi connectivity index (χ0) is 19.4. The van der Waals surface area contributed by atoms with Gasteiger partial charge in [-0.05, 0) is 66.5 Å². The summed E-state index contributed by atoms with van der Waals surface area (Å²) in [5, 5.41) is 10.1. The molecule has 1 aromatic carbocycles. The van der Waals surface area contributed by atoms with E-state index >= 15 is 0 Å². The van der Waals surface area contributed by atoms with Crippen molar-refractivity contribution in [3.05, 3.63) is 59.0 Å². The SMILES string of the molecule is O=S(=O)(NCCOc1ccc(-c2cccs2)nn1)c1ccc2c(c1)CCCC2. The quantitative estimate of drug-likeness (QED) is 0.598. The van der Waals surface area contributed by atoms with Crippen LogP contribution in [0.5, 0.6) is 5.88 Å². The molecule has 1 N–H and O–H groups in total. The number of aryl methyl sites for hydroxylation is 2. The second-order valence-electron chi connectivity index (χ2n) is 6.62. The second kappa shape index (κ2) is 8.38. The largest absolute Gasteiger partial charge is 0.475 e. The monoisotopic (exact) mass is 415 g/mol. The Morgan fingerprint density at radius 2 is 1.89 bits per heavy atom. The van der Waals surface area contributed by atoms with E-state index in [9.17, 15) is 8.42 Å². The van der Waals surface area contributed by atoms with Crippen LogP contribution in [0.2, 0.25) is 0 Å². The van der Waals surface area contributed by atoms with Crippen molar-refractivity contribution < 1.29 is 13.2 Å². The van der Waals surface area contributed by atoms with E-state index < -0.39 is 10.0 Å². The fourth-order valence-corrected chi connectivity index (χ4v) is 5.00. The smallest absolute Gasteiger partial charge is 0.240 e. The van der Waals surface area contributed by atoms with Crippen LogP contribution < -0.4 is 9.46 Å². The number of nitrogens with zero attached hydrogens (tertiary/aromatic N) is 2. The molecule has 3 aromatic rings. The van der Waals surface area contributed by atoms with Crippen LogP contribution >= 0.6 is 11.3 Å². The van der Waals surface area contributed by atoms with Crippen LogP contribution in [0.15, 0.2) is 52.7 Å². The Bertz CT molecular complexity index is 1030. The van der Waals surface area contributed by atoms with E-state index in [1.165, 1.54) is 12.0 Å². The average molecular weight is 416 g/mol. The van der Waals surface area contributed by atoms with Crippen molar-refractivity contribution >= 4 is 21.4 Å². The number of hydrogen-bond acceptors (Lipinski definition) is 6. The molecule has 6 nitrogen and oxygen atoms in total. The van der Waals surface area contributed by atoms with Crippen molar-refractivity contribution in [1.29, 1.82) is 0 Å². The molecule has 0 saturated carbocycles. The maximum Gasteiger partial charge on any atom is 0.240 e. The standard InChI is InChI=1S/C20H21N3O3S2/c24-28(25,17-8-7-15-4-1-2-5-16(15)14-17)21-11-12-26-20-10-9-18(22-23-20)19-6-3-13-27-19/h3,6-10,13-14,21H,1-2,4-5,11-12H2. The van der Waals surface area contributed by atoms with Crippen LogP contribution in [0, 0.1) is 0 Å². The van der Waals surface area contributed by atoms with Gasteiger partial charge in [-0.15, -0.1) is 21.5 Å². The summed E-state index contributed by atoms with van der Waals surface area (Å²) in [6.45, 7) is 0.338. The lowest BCUT2D eigenvalue weighted by Gasteiger charge is -2.16. The topological polar surface area (TPSA) is 81.2 Å². The Morgan fingerprint density at radius 3 is 2.64 bits per heavy atom. The number of sulfonamides is 1. The third-order valence-corrected chi connectivity index (χ3v) is 7.04. The summed E-state index contributed by atoms with van der Waals surface area (Å²) in [5.74, 6) is 0.369. The van der Waals surface area contributed by atoms with Crippen LogP contribution in [0.1, 0.15) is 24.0 Å². The number of thiophene rings is 1. The van der Waals surface area contributed by atoms with Gasteiger partial charge in [0.25, 0.3) is 0 Å². The summed E-state index contributed by atoms with van der Waals surface area (Å²) in [4.78, 5) is 1.35. The van der Waals surface area contributed by atoms with E-state index in [4.69, 9.17) is 4.74 Å². The molecule has 1 aliphatic rings. The number of benzene rings is 1. The molecule has 0 atom stereocenters. The molecule has 4 rings (SSSR count). The van der Waals surface area contributed by atoms with E-state index in [1.807, 2.05) is 29.6 Å². The van der Waals surface area contributed by atoms with Crippen molar-refractivity contribution in [3.63, 3.8) is 0 Å². The first-order valence-electron chi connectivity index (χ1n) is 9.24. The molecule has 0 unspecified atom stereocenters.